The zero-order valence-electron chi connectivity index (χ0n) is 4.31. The average molecular weight is 119 g/mol. The number of hydrogen-bond acceptors (Lipinski definition) is 1. The highest BCUT2D eigenvalue weighted by atomic mass is 32.2. The predicted octanol–water partition coefficient (Wildman–Crippen LogP) is 0.368. The minimum absolute atomic E-state index is 0.725. The standard InChI is InChI=1S/C4H9NOS/c1-2-3-4-7(5)6/h2-3H2,1H3,(H2,5,6). The van der Waals surface area contributed by atoms with Crippen molar-refractivity contribution in [3.63, 3.8) is 0 Å². The smallest absolute Gasteiger partial charge is 0.0925 e. The lowest BCUT2D eigenvalue weighted by molar-refractivity contribution is 0.693. The lowest BCUT2D eigenvalue weighted by Gasteiger charge is -1.72. The van der Waals surface area contributed by atoms with E-state index in [1.165, 1.54) is 0 Å². The van der Waals surface area contributed by atoms with Gasteiger partial charge in [-0.15, -0.1) is 0 Å². The van der Waals surface area contributed by atoms with E-state index in [0.29, 0.717) is 0 Å². The second-order valence-corrected chi connectivity index (χ2v) is 2.08. The van der Waals surface area contributed by atoms with Crippen molar-refractivity contribution in [1.29, 1.82) is 0 Å². The van der Waals surface area contributed by atoms with E-state index in [1.54, 1.807) is 0 Å². The fourth-order valence-corrected chi connectivity index (χ4v) is 0.608. The van der Waals surface area contributed by atoms with E-state index in [2.05, 4.69) is 5.18 Å². The monoisotopic (exact) mass is 119 g/mol. The van der Waals surface area contributed by atoms with Crippen molar-refractivity contribution in [2.45, 2.75) is 19.8 Å². The highest BCUT2D eigenvalue weighted by Gasteiger charge is 1.67. The summed E-state index contributed by atoms with van der Waals surface area (Å²) < 4.78 is 9.98. The van der Waals surface area contributed by atoms with Crippen molar-refractivity contribution >= 4 is 10.4 Å². The summed E-state index contributed by atoms with van der Waals surface area (Å²) in [5, 5.41) is 7.38. The summed E-state index contributed by atoms with van der Waals surface area (Å²) in [6, 6.07) is 0. The first-order valence-electron chi connectivity index (χ1n) is 2.17. The fourth-order valence-electron chi connectivity index (χ4n) is 0.203. The van der Waals surface area contributed by atoms with Gasteiger partial charge in [0.2, 0.25) is 0 Å². The topological polar surface area (TPSA) is 43.1 Å². The van der Waals surface area contributed by atoms with Gasteiger partial charge in [0, 0.05) is 6.42 Å². The number of rotatable bonds is 1. The molecular formula is C4H9NOS. The molecule has 0 spiro atoms. The molecule has 2 N–H and O–H groups in total. The van der Waals surface area contributed by atoms with Gasteiger partial charge >= 0.3 is 0 Å². The van der Waals surface area contributed by atoms with E-state index in [4.69, 9.17) is 5.14 Å². The molecule has 0 amide bonds. The summed E-state index contributed by atoms with van der Waals surface area (Å²) in [6.45, 7) is 1.99. The van der Waals surface area contributed by atoms with Gasteiger partial charge in [-0.05, 0) is 11.6 Å². The Morgan fingerprint density at radius 3 is 2.57 bits per heavy atom. The van der Waals surface area contributed by atoms with Gasteiger partial charge in [-0.3, -0.25) is 0 Å². The third-order valence-corrected chi connectivity index (χ3v) is 0.983. The summed E-state index contributed by atoms with van der Waals surface area (Å²) in [5.41, 5.74) is 0. The molecule has 2 nitrogen and oxygen atoms in total. The van der Waals surface area contributed by atoms with Crippen LogP contribution in [0.4, 0.5) is 0 Å². The molecule has 7 heavy (non-hydrogen) atoms. The van der Waals surface area contributed by atoms with Crippen molar-refractivity contribution in [1.82, 2.24) is 0 Å². The van der Waals surface area contributed by atoms with Crippen molar-refractivity contribution in [2.24, 2.45) is 5.14 Å². The van der Waals surface area contributed by atoms with Gasteiger partial charge in [-0.2, -0.15) is 0 Å². The maximum Gasteiger partial charge on any atom is 0.0925 e. The average Bonchev–Trinajstić information content (AvgIpc) is 1.61. The summed E-state index contributed by atoms with van der Waals surface area (Å²) in [5.74, 6) is 0. The summed E-state index contributed by atoms with van der Waals surface area (Å²) in [4.78, 5) is 0. The summed E-state index contributed by atoms with van der Waals surface area (Å²) >= 11 is 0. The minimum Gasteiger partial charge on any atom is -0.230 e. The number of unbranched alkanes of at least 4 members (excludes halogenated alkanes) is 1. The molecular weight excluding hydrogens is 110 g/mol. The van der Waals surface area contributed by atoms with Crippen LogP contribution in [0.3, 0.4) is 0 Å². The van der Waals surface area contributed by atoms with Gasteiger partial charge in [-0.25, -0.2) is 9.35 Å². The summed E-state index contributed by atoms with van der Waals surface area (Å²) in [7, 11) is -1.32. The molecule has 0 aromatic rings. The number of nitrogens with two attached hydrogens (primary N) is 1. The lowest BCUT2D eigenvalue weighted by Crippen LogP contribution is -1.85. The fraction of sp³-hybridized carbons (Fsp3) is 0.750. The predicted molar refractivity (Wildman–Crippen MR) is 31.1 cm³/mol. The van der Waals surface area contributed by atoms with Crippen LogP contribution in [0, 0.1) is 5.18 Å². The van der Waals surface area contributed by atoms with Gasteiger partial charge in [0.05, 0.1) is 10.4 Å². The van der Waals surface area contributed by atoms with Crippen LogP contribution in [0.15, 0.2) is 0 Å². The van der Waals surface area contributed by atoms with Crippen molar-refractivity contribution < 1.29 is 4.21 Å². The normalized spacial score (nSPS) is 7.71. The Morgan fingerprint density at radius 1 is 1.86 bits per heavy atom. The lowest BCUT2D eigenvalue weighted by atomic mass is 10.4. The second-order valence-electron chi connectivity index (χ2n) is 1.19. The van der Waals surface area contributed by atoms with E-state index < -0.39 is 10.4 Å². The Bertz CT molecular complexity index is 153. The molecule has 0 fully saturated rings. The Balaban J connectivity index is 3.46. The molecule has 0 aliphatic heterocycles. The van der Waals surface area contributed by atoms with Crippen LogP contribution in [0.25, 0.3) is 0 Å². The minimum atomic E-state index is -1.32. The van der Waals surface area contributed by atoms with E-state index in [0.717, 1.165) is 12.8 Å². The zero-order chi connectivity index (χ0) is 5.70. The van der Waals surface area contributed by atoms with Crippen LogP contribution in [0.1, 0.15) is 19.8 Å². The van der Waals surface area contributed by atoms with Crippen LogP contribution < -0.4 is 5.14 Å². The van der Waals surface area contributed by atoms with Crippen LogP contribution in [-0.2, 0) is 10.4 Å². The van der Waals surface area contributed by atoms with Gasteiger partial charge < -0.3 is 0 Å². The van der Waals surface area contributed by atoms with E-state index in [1.807, 2.05) is 6.92 Å². The molecule has 0 aliphatic carbocycles. The first-order chi connectivity index (χ1) is 3.27. The molecule has 0 aromatic heterocycles. The van der Waals surface area contributed by atoms with Crippen molar-refractivity contribution in [3.8, 4) is 5.18 Å². The SMILES string of the molecule is CCCC#S(N)=O. The number of hydrogen-bond donors (Lipinski definition) is 1. The molecule has 0 unspecified atom stereocenters. The molecule has 0 aromatic carbocycles. The second kappa shape index (κ2) is 3.93. The largest absolute Gasteiger partial charge is 0.230 e. The Labute approximate surface area is 45.5 Å². The van der Waals surface area contributed by atoms with Crippen molar-refractivity contribution in [3.05, 3.63) is 0 Å². The molecule has 3 heteroatoms. The molecule has 0 saturated carbocycles. The molecule has 0 heterocycles. The molecule has 0 saturated heterocycles. The van der Waals surface area contributed by atoms with E-state index in [9.17, 15) is 4.21 Å². The van der Waals surface area contributed by atoms with Crippen LogP contribution in [0.2, 0.25) is 0 Å². The first kappa shape index (κ1) is 6.76. The van der Waals surface area contributed by atoms with Crippen LogP contribution >= 0.6 is 0 Å². The van der Waals surface area contributed by atoms with Gasteiger partial charge in [0.15, 0.2) is 0 Å². The highest BCUT2D eigenvalue weighted by molar-refractivity contribution is 7.71. The maximum absolute atomic E-state index is 9.98. The van der Waals surface area contributed by atoms with Gasteiger partial charge in [0.25, 0.3) is 0 Å². The Hall–Kier alpha value is -0.240. The van der Waals surface area contributed by atoms with E-state index in [-0.39, 0.29) is 0 Å². The van der Waals surface area contributed by atoms with E-state index >= 15 is 0 Å². The first-order valence-corrected chi connectivity index (χ1v) is 3.38. The highest BCUT2D eigenvalue weighted by Crippen LogP contribution is 1.78. The van der Waals surface area contributed by atoms with Crippen molar-refractivity contribution in [2.75, 3.05) is 0 Å². The molecule has 0 rings (SSSR count). The third kappa shape index (κ3) is 5.76. The molecule has 0 aliphatic rings. The third-order valence-electron chi connectivity index (χ3n) is 0.494. The quantitative estimate of drug-likeness (QED) is 0.532. The molecule has 42 valence electrons. The van der Waals surface area contributed by atoms with Gasteiger partial charge in [0.1, 0.15) is 0 Å². The van der Waals surface area contributed by atoms with Gasteiger partial charge in [-0.1, -0.05) is 6.92 Å². The van der Waals surface area contributed by atoms with Crippen LogP contribution in [0.5, 0.6) is 0 Å². The molecule has 0 radical (unpaired) electrons. The Kier molecular flexibility index (Phi) is 3.80. The zero-order valence-corrected chi connectivity index (χ0v) is 5.12. The Morgan fingerprint density at radius 2 is 2.43 bits per heavy atom. The maximum atomic E-state index is 9.98. The molecule has 0 atom stereocenters. The summed E-state index contributed by atoms with van der Waals surface area (Å²) in [6.07, 6.45) is 1.69. The molecule has 0 bridgehead atoms. The van der Waals surface area contributed by atoms with Crippen LogP contribution in [-0.4, -0.2) is 4.21 Å².